The molecule has 0 unspecified atom stereocenters. The predicted octanol–water partition coefficient (Wildman–Crippen LogP) is 3.42. The van der Waals surface area contributed by atoms with Crippen LogP contribution in [-0.2, 0) is 18.7 Å². The van der Waals surface area contributed by atoms with Gasteiger partial charge in [0.2, 0.25) is 11.8 Å². The van der Waals surface area contributed by atoms with Crippen LogP contribution in [-0.4, -0.2) is 40.8 Å². The summed E-state index contributed by atoms with van der Waals surface area (Å²) in [6.07, 6.45) is 11.8. The molecule has 0 aliphatic rings. The number of carbonyl (C=O) groups excluding carboxylic acids is 2. The summed E-state index contributed by atoms with van der Waals surface area (Å²) in [5, 5.41) is 5.24. The normalized spacial score (nSPS) is 12.6. The zero-order valence-corrected chi connectivity index (χ0v) is 18.3. The number of hydrogen-bond donors (Lipinski definition) is 4. The molecule has 166 valence electrons. The molecule has 0 aromatic carbocycles. The van der Waals surface area contributed by atoms with Crippen LogP contribution in [0.25, 0.3) is 0 Å². The molecule has 0 aliphatic carbocycles. The summed E-state index contributed by atoms with van der Waals surface area (Å²) in [6.45, 7) is 4.17. The van der Waals surface area contributed by atoms with Crippen molar-refractivity contribution in [1.29, 1.82) is 0 Å². The third-order valence-corrected chi connectivity index (χ3v) is 4.88. The lowest BCUT2D eigenvalue weighted by Gasteiger charge is -2.19. The van der Waals surface area contributed by atoms with E-state index >= 15 is 0 Å². The summed E-state index contributed by atoms with van der Waals surface area (Å²) in [4.78, 5) is 42.1. The van der Waals surface area contributed by atoms with Crippen LogP contribution in [0.2, 0.25) is 0 Å². The minimum atomic E-state index is -4.72. The number of phosphoric ester groups is 1. The Morgan fingerprint density at radius 3 is 2.00 bits per heavy atom. The molecule has 0 saturated heterocycles. The number of carbonyl (C=O) groups is 2. The third kappa shape index (κ3) is 17.2. The van der Waals surface area contributed by atoms with Crippen LogP contribution in [0.3, 0.4) is 0 Å². The van der Waals surface area contributed by atoms with Gasteiger partial charge in [-0.1, -0.05) is 71.6 Å². The molecule has 0 fully saturated rings. The van der Waals surface area contributed by atoms with Crippen molar-refractivity contribution in [2.75, 3.05) is 13.2 Å². The first-order valence-electron chi connectivity index (χ1n) is 10.6. The van der Waals surface area contributed by atoms with Gasteiger partial charge < -0.3 is 20.4 Å². The van der Waals surface area contributed by atoms with Crippen LogP contribution in [0.4, 0.5) is 0 Å². The SMILES string of the molecule is CCCCCCCCNC(=O)[C@H](COP(=O)(O)O)NC(=O)CCCCCCC. The summed E-state index contributed by atoms with van der Waals surface area (Å²) < 4.78 is 15.4. The van der Waals surface area contributed by atoms with E-state index in [9.17, 15) is 14.2 Å². The molecule has 0 aromatic heterocycles. The summed E-state index contributed by atoms with van der Waals surface area (Å²) in [5.74, 6) is -0.799. The van der Waals surface area contributed by atoms with E-state index in [1.807, 2.05) is 0 Å². The van der Waals surface area contributed by atoms with E-state index in [1.165, 1.54) is 19.3 Å². The Kier molecular flexibility index (Phi) is 16.4. The summed E-state index contributed by atoms with van der Waals surface area (Å²) in [6, 6.07) is -1.11. The second kappa shape index (κ2) is 17.0. The van der Waals surface area contributed by atoms with Crippen LogP contribution in [0, 0.1) is 0 Å². The van der Waals surface area contributed by atoms with Gasteiger partial charge in [0, 0.05) is 13.0 Å². The summed E-state index contributed by atoms with van der Waals surface area (Å²) in [5.41, 5.74) is 0. The van der Waals surface area contributed by atoms with Crippen molar-refractivity contribution in [1.82, 2.24) is 10.6 Å². The number of amides is 2. The fourth-order valence-corrected chi connectivity index (χ4v) is 3.09. The lowest BCUT2D eigenvalue weighted by molar-refractivity contribution is -0.129. The van der Waals surface area contributed by atoms with E-state index in [0.717, 1.165) is 51.4 Å². The maximum absolute atomic E-state index is 12.3. The zero-order chi connectivity index (χ0) is 21.3. The fraction of sp³-hybridized carbons (Fsp3) is 0.895. The van der Waals surface area contributed by atoms with Gasteiger partial charge in [-0.2, -0.15) is 0 Å². The van der Waals surface area contributed by atoms with Crippen molar-refractivity contribution in [3.8, 4) is 0 Å². The molecule has 2 amide bonds. The summed E-state index contributed by atoms with van der Waals surface area (Å²) in [7, 11) is -4.72. The second-order valence-corrected chi connectivity index (χ2v) is 8.37. The molecular formula is C19H39N2O6P. The Balaban J connectivity index is 4.31. The van der Waals surface area contributed by atoms with Crippen molar-refractivity contribution in [3.63, 3.8) is 0 Å². The van der Waals surface area contributed by atoms with Crippen LogP contribution in [0.5, 0.6) is 0 Å². The maximum atomic E-state index is 12.3. The molecule has 8 nitrogen and oxygen atoms in total. The minimum Gasteiger partial charge on any atom is -0.354 e. The fourth-order valence-electron chi connectivity index (χ4n) is 2.75. The van der Waals surface area contributed by atoms with Crippen molar-refractivity contribution in [2.24, 2.45) is 0 Å². The highest BCUT2D eigenvalue weighted by molar-refractivity contribution is 7.46. The van der Waals surface area contributed by atoms with E-state index in [-0.39, 0.29) is 12.3 Å². The molecule has 0 saturated carbocycles. The third-order valence-electron chi connectivity index (χ3n) is 4.40. The Morgan fingerprint density at radius 1 is 0.893 bits per heavy atom. The smallest absolute Gasteiger partial charge is 0.354 e. The quantitative estimate of drug-likeness (QED) is 0.198. The molecular weight excluding hydrogens is 383 g/mol. The number of rotatable bonds is 18. The number of nitrogens with one attached hydrogen (secondary N) is 2. The average molecular weight is 423 g/mol. The van der Waals surface area contributed by atoms with Gasteiger partial charge in [0.05, 0.1) is 6.61 Å². The molecule has 9 heteroatoms. The van der Waals surface area contributed by atoms with Crippen molar-refractivity contribution < 1.29 is 28.5 Å². The van der Waals surface area contributed by atoms with E-state index in [1.54, 1.807) is 0 Å². The maximum Gasteiger partial charge on any atom is 0.469 e. The van der Waals surface area contributed by atoms with Crippen LogP contribution in [0.1, 0.15) is 90.9 Å². The van der Waals surface area contributed by atoms with Crippen molar-refractivity contribution >= 4 is 19.6 Å². The molecule has 0 spiro atoms. The van der Waals surface area contributed by atoms with E-state index in [4.69, 9.17) is 9.79 Å². The largest absolute Gasteiger partial charge is 0.469 e. The Labute approximate surface area is 169 Å². The van der Waals surface area contributed by atoms with Crippen molar-refractivity contribution in [3.05, 3.63) is 0 Å². The lowest BCUT2D eigenvalue weighted by Crippen LogP contribution is -2.49. The molecule has 1 atom stereocenters. The molecule has 0 rings (SSSR count). The Hall–Kier alpha value is -0.950. The lowest BCUT2D eigenvalue weighted by atomic mass is 10.1. The van der Waals surface area contributed by atoms with Crippen LogP contribution < -0.4 is 10.6 Å². The monoisotopic (exact) mass is 422 g/mol. The highest BCUT2D eigenvalue weighted by Crippen LogP contribution is 2.35. The first-order valence-corrected chi connectivity index (χ1v) is 12.1. The van der Waals surface area contributed by atoms with Crippen LogP contribution in [0.15, 0.2) is 0 Å². The molecule has 0 radical (unpaired) electrons. The van der Waals surface area contributed by atoms with Gasteiger partial charge in [0.1, 0.15) is 6.04 Å². The summed E-state index contributed by atoms with van der Waals surface area (Å²) >= 11 is 0. The molecule has 0 aromatic rings. The molecule has 4 N–H and O–H groups in total. The minimum absolute atomic E-state index is 0.279. The van der Waals surface area contributed by atoms with E-state index < -0.39 is 26.4 Å². The molecule has 0 heterocycles. The number of unbranched alkanes of at least 4 members (excludes halogenated alkanes) is 9. The van der Waals surface area contributed by atoms with Gasteiger partial charge in [0.25, 0.3) is 0 Å². The number of phosphoric acid groups is 1. The average Bonchev–Trinajstić information content (AvgIpc) is 2.63. The highest BCUT2D eigenvalue weighted by Gasteiger charge is 2.25. The zero-order valence-electron chi connectivity index (χ0n) is 17.5. The van der Waals surface area contributed by atoms with Gasteiger partial charge in [-0.15, -0.1) is 0 Å². The highest BCUT2D eigenvalue weighted by atomic mass is 31.2. The first-order chi connectivity index (χ1) is 13.3. The molecule has 0 bridgehead atoms. The Bertz CT molecular complexity index is 469. The van der Waals surface area contributed by atoms with E-state index in [2.05, 4.69) is 29.0 Å². The van der Waals surface area contributed by atoms with E-state index in [0.29, 0.717) is 6.54 Å². The Morgan fingerprint density at radius 2 is 1.43 bits per heavy atom. The topological polar surface area (TPSA) is 125 Å². The predicted molar refractivity (Wildman–Crippen MR) is 110 cm³/mol. The van der Waals surface area contributed by atoms with Gasteiger partial charge in [0.15, 0.2) is 0 Å². The van der Waals surface area contributed by atoms with Gasteiger partial charge >= 0.3 is 7.82 Å². The van der Waals surface area contributed by atoms with Crippen LogP contribution >= 0.6 is 7.82 Å². The van der Waals surface area contributed by atoms with Gasteiger partial charge in [-0.3, -0.25) is 14.1 Å². The standard InChI is InChI=1S/C19H39N2O6P/c1-3-5-7-9-11-13-15-20-19(23)17(16-27-28(24,25)26)21-18(22)14-12-10-8-6-4-2/h17H,3-16H2,1-2H3,(H,20,23)(H,21,22)(H2,24,25,26)/t17-/m0/s1. The van der Waals surface area contributed by atoms with Crippen molar-refractivity contribution in [2.45, 2.75) is 96.9 Å². The van der Waals surface area contributed by atoms with Gasteiger partial charge in [-0.25, -0.2) is 4.57 Å². The molecule has 28 heavy (non-hydrogen) atoms. The first kappa shape index (κ1) is 27.0. The second-order valence-electron chi connectivity index (χ2n) is 7.13. The van der Waals surface area contributed by atoms with Gasteiger partial charge in [-0.05, 0) is 12.8 Å². The number of hydrogen-bond acceptors (Lipinski definition) is 4. The molecule has 0 aliphatic heterocycles.